The lowest BCUT2D eigenvalue weighted by Gasteiger charge is -2.18. The Morgan fingerprint density at radius 3 is 2.60 bits per heavy atom. The minimum atomic E-state index is -1.34. The molecule has 6 nitrogen and oxygen atoms in total. The average molecular weight is 214 g/mol. The third-order valence-corrected chi connectivity index (χ3v) is 2.04. The number of carboxylic acids is 1. The summed E-state index contributed by atoms with van der Waals surface area (Å²) < 4.78 is 4.36. The van der Waals surface area contributed by atoms with Crippen molar-refractivity contribution in [1.82, 2.24) is 0 Å². The topological polar surface area (TPSA) is 104 Å². The maximum absolute atomic E-state index is 11.1. The molecule has 0 aromatic heterocycles. The first-order chi connectivity index (χ1) is 6.97. The van der Waals surface area contributed by atoms with E-state index in [0.717, 1.165) is 13.2 Å². The largest absolute Gasteiger partial charge is 0.507 e. The van der Waals surface area contributed by atoms with Gasteiger partial charge in [0, 0.05) is 6.42 Å². The second-order valence-corrected chi connectivity index (χ2v) is 2.98. The molecule has 0 aromatic rings. The minimum absolute atomic E-state index is 0.130. The van der Waals surface area contributed by atoms with Gasteiger partial charge in [0.15, 0.2) is 0 Å². The van der Waals surface area contributed by atoms with Crippen LogP contribution in [-0.4, -0.2) is 40.5 Å². The molecule has 1 aliphatic rings. The first kappa shape index (κ1) is 11.3. The zero-order valence-electron chi connectivity index (χ0n) is 7.93. The number of ether oxygens (including phenoxy) is 1. The molecule has 3 N–H and O–H groups in total. The number of aliphatic hydroxyl groups is 2. The maximum atomic E-state index is 11.1. The van der Waals surface area contributed by atoms with E-state index in [4.69, 9.17) is 5.11 Å². The summed E-state index contributed by atoms with van der Waals surface area (Å²) in [4.78, 5) is 21.6. The second-order valence-electron chi connectivity index (χ2n) is 2.98. The number of carboxylic acid groups (broad SMARTS) is 1. The van der Waals surface area contributed by atoms with Crippen LogP contribution in [0.4, 0.5) is 0 Å². The van der Waals surface area contributed by atoms with Crippen molar-refractivity contribution in [2.45, 2.75) is 12.5 Å². The number of rotatable bonds is 2. The van der Waals surface area contributed by atoms with E-state index in [1.165, 1.54) is 0 Å². The van der Waals surface area contributed by atoms with E-state index in [2.05, 4.69) is 4.74 Å². The Kier molecular flexibility index (Phi) is 3.11. The SMILES string of the molecule is COC(=O)C1=C(O)C=C(C(=O)O)C(O)C1. The van der Waals surface area contributed by atoms with Gasteiger partial charge in [0.05, 0.1) is 24.4 Å². The van der Waals surface area contributed by atoms with Gasteiger partial charge in [-0.05, 0) is 6.08 Å². The highest BCUT2D eigenvalue weighted by Gasteiger charge is 2.29. The molecular weight excluding hydrogens is 204 g/mol. The van der Waals surface area contributed by atoms with E-state index in [1.54, 1.807) is 0 Å². The van der Waals surface area contributed by atoms with Crippen LogP contribution in [0.1, 0.15) is 6.42 Å². The van der Waals surface area contributed by atoms with Crippen LogP contribution < -0.4 is 0 Å². The first-order valence-corrected chi connectivity index (χ1v) is 4.10. The molecule has 0 fully saturated rings. The summed E-state index contributed by atoms with van der Waals surface area (Å²) in [6.45, 7) is 0. The summed E-state index contributed by atoms with van der Waals surface area (Å²) in [6.07, 6.45) is -0.730. The average Bonchev–Trinajstić information content (AvgIpc) is 2.19. The Morgan fingerprint density at radius 1 is 1.53 bits per heavy atom. The van der Waals surface area contributed by atoms with E-state index >= 15 is 0 Å². The smallest absolute Gasteiger partial charge is 0.337 e. The van der Waals surface area contributed by atoms with Gasteiger partial charge in [-0.15, -0.1) is 0 Å². The lowest BCUT2D eigenvalue weighted by atomic mass is 9.94. The number of carbonyl (C=O) groups excluding carboxylic acids is 1. The summed E-state index contributed by atoms with van der Waals surface area (Å²) in [7, 11) is 1.13. The first-order valence-electron chi connectivity index (χ1n) is 4.10. The zero-order valence-corrected chi connectivity index (χ0v) is 7.93. The van der Waals surface area contributed by atoms with Gasteiger partial charge in [-0.2, -0.15) is 0 Å². The van der Waals surface area contributed by atoms with Crippen LogP contribution in [0.2, 0.25) is 0 Å². The molecule has 82 valence electrons. The van der Waals surface area contributed by atoms with Gasteiger partial charge in [-0.1, -0.05) is 0 Å². The number of allylic oxidation sites excluding steroid dienone is 1. The van der Waals surface area contributed by atoms with Crippen LogP contribution in [-0.2, 0) is 14.3 Å². The van der Waals surface area contributed by atoms with Crippen molar-refractivity contribution in [2.75, 3.05) is 7.11 Å². The summed E-state index contributed by atoms with van der Waals surface area (Å²) in [5, 5.41) is 27.3. The quantitative estimate of drug-likeness (QED) is 0.547. The standard InChI is InChI=1S/C9H10O6/c1-15-9(14)5-3-6(10)4(8(12)13)2-7(5)11/h2,6,10-11H,3H2,1H3,(H,12,13). The van der Waals surface area contributed by atoms with Crippen molar-refractivity contribution < 1.29 is 29.6 Å². The van der Waals surface area contributed by atoms with Crippen LogP contribution in [0.15, 0.2) is 23.0 Å². The van der Waals surface area contributed by atoms with Crippen molar-refractivity contribution in [3.8, 4) is 0 Å². The van der Waals surface area contributed by atoms with E-state index < -0.39 is 23.8 Å². The Morgan fingerprint density at radius 2 is 2.13 bits per heavy atom. The monoisotopic (exact) mass is 214 g/mol. The number of carbonyl (C=O) groups is 2. The summed E-state index contributed by atoms with van der Waals surface area (Å²) in [5.74, 6) is -2.60. The molecule has 0 radical (unpaired) electrons. The van der Waals surface area contributed by atoms with E-state index in [9.17, 15) is 19.8 Å². The fourth-order valence-electron chi connectivity index (χ4n) is 1.25. The number of methoxy groups -OCH3 is 1. The molecule has 1 aliphatic carbocycles. The highest BCUT2D eigenvalue weighted by Crippen LogP contribution is 2.24. The molecule has 0 amide bonds. The zero-order chi connectivity index (χ0) is 11.6. The summed E-state index contributed by atoms with van der Waals surface area (Å²) in [5.41, 5.74) is -0.477. The van der Waals surface area contributed by atoms with E-state index in [-0.39, 0.29) is 17.6 Å². The number of aliphatic hydroxyl groups excluding tert-OH is 2. The Balaban J connectivity index is 3.08. The maximum Gasteiger partial charge on any atom is 0.337 e. The predicted octanol–water partition coefficient (Wildman–Crippen LogP) is -0.253. The molecule has 1 unspecified atom stereocenters. The van der Waals surface area contributed by atoms with Gasteiger partial charge < -0.3 is 20.1 Å². The fourth-order valence-corrected chi connectivity index (χ4v) is 1.25. The molecule has 1 rings (SSSR count). The summed E-state index contributed by atoms with van der Waals surface area (Å²) >= 11 is 0. The van der Waals surface area contributed by atoms with Gasteiger partial charge in [0.1, 0.15) is 5.76 Å². The van der Waals surface area contributed by atoms with E-state index in [1.807, 2.05) is 0 Å². The highest BCUT2D eigenvalue weighted by atomic mass is 16.5. The minimum Gasteiger partial charge on any atom is -0.507 e. The summed E-state index contributed by atoms with van der Waals surface area (Å²) in [6, 6.07) is 0. The van der Waals surface area contributed by atoms with Crippen LogP contribution in [0.5, 0.6) is 0 Å². The fraction of sp³-hybridized carbons (Fsp3) is 0.333. The Labute approximate surface area is 85.1 Å². The number of esters is 1. The molecule has 1 atom stereocenters. The number of hydrogen-bond donors (Lipinski definition) is 3. The predicted molar refractivity (Wildman–Crippen MR) is 48.0 cm³/mol. The lowest BCUT2D eigenvalue weighted by molar-refractivity contribution is -0.138. The second kappa shape index (κ2) is 4.14. The molecule has 6 heteroatoms. The van der Waals surface area contributed by atoms with Crippen molar-refractivity contribution in [3.63, 3.8) is 0 Å². The van der Waals surface area contributed by atoms with Crippen molar-refractivity contribution >= 4 is 11.9 Å². The van der Waals surface area contributed by atoms with Crippen LogP contribution in [0, 0.1) is 0 Å². The normalized spacial score (nSPS) is 20.9. The van der Waals surface area contributed by atoms with E-state index in [0.29, 0.717) is 0 Å². The van der Waals surface area contributed by atoms with Crippen molar-refractivity contribution in [2.24, 2.45) is 0 Å². The van der Waals surface area contributed by atoms with Gasteiger partial charge in [-0.25, -0.2) is 9.59 Å². The molecule has 0 spiro atoms. The molecular formula is C9H10O6. The van der Waals surface area contributed by atoms with Crippen molar-refractivity contribution in [1.29, 1.82) is 0 Å². The third-order valence-electron chi connectivity index (χ3n) is 2.04. The third kappa shape index (κ3) is 2.16. The number of hydrogen-bond acceptors (Lipinski definition) is 5. The van der Waals surface area contributed by atoms with Crippen LogP contribution in [0.25, 0.3) is 0 Å². The molecule has 0 saturated carbocycles. The van der Waals surface area contributed by atoms with Crippen LogP contribution in [0.3, 0.4) is 0 Å². The number of aliphatic carboxylic acids is 1. The molecule has 0 heterocycles. The molecule has 0 aromatic carbocycles. The van der Waals surface area contributed by atoms with Gasteiger partial charge in [0.25, 0.3) is 0 Å². The Bertz CT molecular complexity index is 365. The molecule has 0 saturated heterocycles. The van der Waals surface area contributed by atoms with Gasteiger partial charge in [-0.3, -0.25) is 0 Å². The Hall–Kier alpha value is -1.82. The van der Waals surface area contributed by atoms with Crippen LogP contribution >= 0.6 is 0 Å². The molecule has 15 heavy (non-hydrogen) atoms. The van der Waals surface area contributed by atoms with Gasteiger partial charge >= 0.3 is 11.9 Å². The lowest BCUT2D eigenvalue weighted by Crippen LogP contribution is -2.25. The molecule has 0 bridgehead atoms. The van der Waals surface area contributed by atoms with Gasteiger partial charge in [0.2, 0.25) is 0 Å². The highest BCUT2D eigenvalue weighted by molar-refractivity contribution is 5.94. The van der Waals surface area contributed by atoms with Crippen molar-refractivity contribution in [3.05, 3.63) is 23.0 Å². The molecule has 0 aliphatic heterocycles.